The van der Waals surface area contributed by atoms with Gasteiger partial charge in [-0.1, -0.05) is 6.58 Å². The van der Waals surface area contributed by atoms with Gasteiger partial charge in [-0.05, 0) is 19.9 Å². The number of hydrogen-bond acceptors (Lipinski definition) is 2. The zero-order valence-electron chi connectivity index (χ0n) is 10.1. The Bertz CT molecular complexity index is 244. The van der Waals surface area contributed by atoms with Gasteiger partial charge in [0.1, 0.15) is 0 Å². The van der Waals surface area contributed by atoms with E-state index in [1.807, 2.05) is 6.20 Å². The van der Waals surface area contributed by atoms with Gasteiger partial charge in [-0.3, -0.25) is 0 Å². The Kier molecular flexibility index (Phi) is 5.94. The van der Waals surface area contributed by atoms with E-state index in [9.17, 15) is 4.79 Å². The largest absolute Gasteiger partial charge is 0.462 e. The van der Waals surface area contributed by atoms with Gasteiger partial charge in [0.15, 0.2) is 0 Å². The highest BCUT2D eigenvalue weighted by molar-refractivity contribution is 5.86. The topological polar surface area (TPSA) is 26.3 Å². The summed E-state index contributed by atoms with van der Waals surface area (Å²) >= 11 is 0. The third-order valence-electron chi connectivity index (χ3n) is 2.20. The lowest BCUT2D eigenvalue weighted by molar-refractivity contribution is -0.838. The van der Waals surface area contributed by atoms with E-state index in [-0.39, 0.29) is 5.97 Å². The Morgan fingerprint density at radius 2 is 2.00 bits per heavy atom. The molecule has 0 heterocycles. The minimum absolute atomic E-state index is 0.299. The molecule has 0 amide bonds. The summed E-state index contributed by atoms with van der Waals surface area (Å²) in [5, 5.41) is 0. The standard InChI is InChI=1S/C12H22NO2/c1-6-13(4,5)9-7-8-10-15-12(14)11(2)3/h6H,1-2,7-10H2,3-5H3/q+1. The van der Waals surface area contributed by atoms with Crippen LogP contribution in [0.15, 0.2) is 24.9 Å². The second kappa shape index (κ2) is 6.40. The zero-order chi connectivity index (χ0) is 11.9. The minimum atomic E-state index is -0.299. The molecule has 0 aliphatic rings. The fourth-order valence-corrected chi connectivity index (χ4v) is 1.00. The molecular weight excluding hydrogens is 190 g/mol. The van der Waals surface area contributed by atoms with Gasteiger partial charge in [0.2, 0.25) is 0 Å². The molecule has 0 bridgehead atoms. The van der Waals surface area contributed by atoms with Gasteiger partial charge in [0.05, 0.1) is 33.4 Å². The van der Waals surface area contributed by atoms with Gasteiger partial charge < -0.3 is 9.22 Å². The quantitative estimate of drug-likeness (QED) is 0.279. The number of carbonyl (C=O) groups is 1. The van der Waals surface area contributed by atoms with Crippen LogP contribution in [0.25, 0.3) is 0 Å². The molecule has 0 aromatic heterocycles. The monoisotopic (exact) mass is 212 g/mol. The Morgan fingerprint density at radius 3 is 2.47 bits per heavy atom. The molecule has 0 unspecified atom stereocenters. The van der Waals surface area contributed by atoms with Crippen molar-refractivity contribution in [3.05, 3.63) is 24.9 Å². The van der Waals surface area contributed by atoms with E-state index in [1.165, 1.54) is 0 Å². The van der Waals surface area contributed by atoms with Crippen LogP contribution in [-0.2, 0) is 9.53 Å². The highest BCUT2D eigenvalue weighted by Gasteiger charge is 2.09. The maximum Gasteiger partial charge on any atom is 0.333 e. The summed E-state index contributed by atoms with van der Waals surface area (Å²) in [5.41, 5.74) is 0.456. The Hall–Kier alpha value is -1.09. The van der Waals surface area contributed by atoms with E-state index in [0.29, 0.717) is 12.2 Å². The number of ether oxygens (including phenoxy) is 1. The summed E-state index contributed by atoms with van der Waals surface area (Å²) < 4.78 is 5.77. The molecule has 0 N–H and O–H groups in total. The number of rotatable bonds is 7. The molecule has 0 aromatic rings. The van der Waals surface area contributed by atoms with Crippen molar-refractivity contribution >= 4 is 5.97 Å². The number of hydrogen-bond donors (Lipinski definition) is 0. The van der Waals surface area contributed by atoms with E-state index in [2.05, 4.69) is 27.3 Å². The SMILES string of the molecule is C=C[N+](C)(C)CCCCOC(=O)C(=C)C. The fourth-order valence-electron chi connectivity index (χ4n) is 1.00. The smallest absolute Gasteiger partial charge is 0.333 e. The summed E-state index contributed by atoms with van der Waals surface area (Å²) in [6, 6.07) is 0. The van der Waals surface area contributed by atoms with Gasteiger partial charge in [-0.15, -0.1) is 0 Å². The number of nitrogens with zero attached hydrogens (tertiary/aromatic N) is 1. The molecule has 0 aliphatic heterocycles. The van der Waals surface area contributed by atoms with Crippen molar-refractivity contribution in [3.8, 4) is 0 Å². The fraction of sp³-hybridized carbons (Fsp3) is 0.583. The van der Waals surface area contributed by atoms with E-state index < -0.39 is 0 Å². The van der Waals surface area contributed by atoms with Crippen LogP contribution in [0, 0.1) is 0 Å². The van der Waals surface area contributed by atoms with Crippen molar-refractivity contribution < 1.29 is 14.0 Å². The van der Waals surface area contributed by atoms with E-state index >= 15 is 0 Å². The van der Waals surface area contributed by atoms with Crippen molar-refractivity contribution in [2.24, 2.45) is 0 Å². The first-order valence-corrected chi connectivity index (χ1v) is 5.18. The van der Waals surface area contributed by atoms with Gasteiger partial charge in [0, 0.05) is 12.0 Å². The summed E-state index contributed by atoms with van der Waals surface area (Å²) in [4.78, 5) is 11.0. The van der Waals surface area contributed by atoms with Crippen LogP contribution in [0.4, 0.5) is 0 Å². The van der Waals surface area contributed by atoms with E-state index in [0.717, 1.165) is 23.9 Å². The van der Waals surface area contributed by atoms with Gasteiger partial charge in [0.25, 0.3) is 0 Å². The molecule has 0 radical (unpaired) electrons. The normalized spacial score (nSPS) is 10.9. The van der Waals surface area contributed by atoms with Gasteiger partial charge >= 0.3 is 5.97 Å². The second-order valence-corrected chi connectivity index (χ2v) is 4.31. The lowest BCUT2D eigenvalue weighted by Gasteiger charge is -2.24. The molecule has 3 heteroatoms. The zero-order valence-corrected chi connectivity index (χ0v) is 10.1. The highest BCUT2D eigenvalue weighted by Crippen LogP contribution is 2.02. The third-order valence-corrected chi connectivity index (χ3v) is 2.20. The van der Waals surface area contributed by atoms with Crippen LogP contribution >= 0.6 is 0 Å². The number of unbranched alkanes of at least 4 members (excludes halogenated alkanes) is 1. The second-order valence-electron chi connectivity index (χ2n) is 4.31. The van der Waals surface area contributed by atoms with Crippen molar-refractivity contribution in [1.29, 1.82) is 0 Å². The minimum Gasteiger partial charge on any atom is -0.462 e. The summed E-state index contributed by atoms with van der Waals surface area (Å²) in [7, 11) is 4.18. The maximum absolute atomic E-state index is 11.0. The van der Waals surface area contributed by atoms with E-state index in [4.69, 9.17) is 4.74 Å². The number of quaternary nitrogens is 1. The highest BCUT2D eigenvalue weighted by atomic mass is 16.5. The average Bonchev–Trinajstić information content (AvgIpc) is 2.16. The van der Waals surface area contributed by atoms with Crippen LogP contribution in [-0.4, -0.2) is 37.7 Å². The first-order valence-electron chi connectivity index (χ1n) is 5.18. The Balaban J connectivity index is 3.52. The summed E-state index contributed by atoms with van der Waals surface area (Å²) in [6.45, 7) is 10.4. The molecule has 0 saturated heterocycles. The summed E-state index contributed by atoms with van der Waals surface area (Å²) in [6.07, 6.45) is 3.80. The van der Waals surface area contributed by atoms with Crippen LogP contribution in [0.2, 0.25) is 0 Å². The molecule has 0 saturated carbocycles. The van der Waals surface area contributed by atoms with Crippen molar-refractivity contribution in [3.63, 3.8) is 0 Å². The molecular formula is C12H22NO2+. The molecule has 0 atom stereocenters. The average molecular weight is 212 g/mol. The molecule has 0 aliphatic carbocycles. The first-order chi connectivity index (χ1) is 6.89. The summed E-state index contributed by atoms with van der Waals surface area (Å²) in [5.74, 6) is -0.299. The lowest BCUT2D eigenvalue weighted by Crippen LogP contribution is -2.33. The van der Waals surface area contributed by atoms with Crippen molar-refractivity contribution in [1.82, 2.24) is 0 Å². The number of esters is 1. The maximum atomic E-state index is 11.0. The van der Waals surface area contributed by atoms with Crippen LogP contribution in [0.1, 0.15) is 19.8 Å². The van der Waals surface area contributed by atoms with Crippen molar-refractivity contribution in [2.75, 3.05) is 27.2 Å². The third kappa shape index (κ3) is 6.91. The number of carbonyl (C=O) groups excluding carboxylic acids is 1. The molecule has 3 nitrogen and oxygen atoms in total. The van der Waals surface area contributed by atoms with Crippen LogP contribution < -0.4 is 0 Å². The molecule has 0 spiro atoms. The molecule has 0 rings (SSSR count). The Morgan fingerprint density at radius 1 is 1.40 bits per heavy atom. The molecule has 86 valence electrons. The van der Waals surface area contributed by atoms with Crippen molar-refractivity contribution in [2.45, 2.75) is 19.8 Å². The van der Waals surface area contributed by atoms with E-state index in [1.54, 1.807) is 6.92 Å². The predicted molar refractivity (Wildman–Crippen MR) is 62.2 cm³/mol. The van der Waals surface area contributed by atoms with Crippen LogP contribution in [0.5, 0.6) is 0 Å². The molecule has 0 fully saturated rings. The van der Waals surface area contributed by atoms with Gasteiger partial charge in [-0.2, -0.15) is 0 Å². The molecule has 15 heavy (non-hydrogen) atoms. The first kappa shape index (κ1) is 13.9. The predicted octanol–water partition coefficient (Wildman–Crippen LogP) is 2.11. The Labute approximate surface area is 92.6 Å². The van der Waals surface area contributed by atoms with Gasteiger partial charge in [-0.25, -0.2) is 4.79 Å². The van der Waals surface area contributed by atoms with Crippen LogP contribution in [0.3, 0.4) is 0 Å². The lowest BCUT2D eigenvalue weighted by atomic mass is 10.3. The molecule has 0 aromatic carbocycles.